The van der Waals surface area contributed by atoms with Crippen molar-refractivity contribution in [3.05, 3.63) is 24.0 Å². The number of carbonyl (C=O) groups excluding carboxylic acids is 1. The largest absolute Gasteiger partial charge is 0.388 e. The van der Waals surface area contributed by atoms with Crippen LogP contribution in [-0.2, 0) is 4.74 Å². The van der Waals surface area contributed by atoms with Crippen LogP contribution in [0.15, 0.2) is 18.3 Å². The number of aliphatic hydroxyl groups is 1. The molecule has 0 radical (unpaired) electrons. The molecule has 0 saturated carbocycles. The van der Waals surface area contributed by atoms with E-state index in [4.69, 9.17) is 4.74 Å². The van der Waals surface area contributed by atoms with Crippen LogP contribution in [0.4, 0.5) is 5.69 Å². The fraction of sp³-hybridized carbons (Fsp3) is 0.600. The van der Waals surface area contributed by atoms with Crippen LogP contribution in [-0.4, -0.2) is 59.8 Å². The minimum Gasteiger partial charge on any atom is -0.388 e. The summed E-state index contributed by atoms with van der Waals surface area (Å²) >= 11 is 0. The topological polar surface area (TPSA) is 74.7 Å². The van der Waals surface area contributed by atoms with Crippen LogP contribution in [0.1, 0.15) is 30.3 Å². The lowest BCUT2D eigenvalue weighted by Gasteiger charge is -2.35. The second kappa shape index (κ2) is 6.87. The summed E-state index contributed by atoms with van der Waals surface area (Å²) in [6.45, 7) is 4.18. The van der Waals surface area contributed by atoms with Gasteiger partial charge in [-0.3, -0.25) is 4.79 Å². The minimum absolute atomic E-state index is 0.182. The Kier molecular flexibility index (Phi) is 5.14. The molecule has 1 saturated heterocycles. The lowest BCUT2D eigenvalue weighted by atomic mass is 9.94. The van der Waals surface area contributed by atoms with E-state index >= 15 is 0 Å². The van der Waals surface area contributed by atoms with Gasteiger partial charge in [0.25, 0.3) is 5.91 Å². The summed E-state index contributed by atoms with van der Waals surface area (Å²) in [5.41, 5.74) is 0.418. The maximum Gasteiger partial charge on any atom is 0.272 e. The monoisotopic (exact) mass is 293 g/mol. The Morgan fingerprint density at radius 1 is 1.48 bits per heavy atom. The second-order valence-electron chi connectivity index (χ2n) is 5.46. The Morgan fingerprint density at radius 2 is 2.19 bits per heavy atom. The normalized spacial score (nSPS) is 17.3. The number of anilines is 1. The third kappa shape index (κ3) is 4.15. The Bertz CT molecular complexity index is 470. The molecule has 0 atom stereocenters. The van der Waals surface area contributed by atoms with Crippen molar-refractivity contribution in [2.24, 2.45) is 0 Å². The molecule has 2 N–H and O–H groups in total. The van der Waals surface area contributed by atoms with Crippen molar-refractivity contribution in [1.29, 1.82) is 0 Å². The third-order valence-electron chi connectivity index (χ3n) is 3.67. The van der Waals surface area contributed by atoms with Gasteiger partial charge in [0.1, 0.15) is 5.69 Å². The molecule has 0 spiro atoms. The standard InChI is InChI=1S/C15H23N3O3/c1-3-16-12-4-5-13(17-10-12)14(19)18(2)11-15(20)6-8-21-9-7-15/h4-5,10,16,20H,3,6-9,11H2,1-2H3. The fourth-order valence-corrected chi connectivity index (χ4v) is 2.45. The van der Waals surface area contributed by atoms with E-state index < -0.39 is 5.60 Å². The van der Waals surface area contributed by atoms with Crippen molar-refractivity contribution >= 4 is 11.6 Å². The van der Waals surface area contributed by atoms with Gasteiger partial charge in [0.2, 0.25) is 0 Å². The van der Waals surface area contributed by atoms with E-state index in [1.807, 2.05) is 13.0 Å². The van der Waals surface area contributed by atoms with Crippen molar-refractivity contribution < 1.29 is 14.6 Å². The summed E-state index contributed by atoms with van der Waals surface area (Å²) in [7, 11) is 1.69. The van der Waals surface area contributed by atoms with Crippen LogP contribution in [0.2, 0.25) is 0 Å². The van der Waals surface area contributed by atoms with Crippen molar-refractivity contribution in [2.75, 3.05) is 38.7 Å². The number of hydrogen-bond acceptors (Lipinski definition) is 5. The number of hydrogen-bond donors (Lipinski definition) is 2. The molecule has 0 unspecified atom stereocenters. The van der Waals surface area contributed by atoms with Crippen molar-refractivity contribution in [1.82, 2.24) is 9.88 Å². The maximum absolute atomic E-state index is 12.3. The van der Waals surface area contributed by atoms with Gasteiger partial charge in [0, 0.05) is 46.2 Å². The number of nitrogens with one attached hydrogen (secondary N) is 1. The first-order valence-corrected chi connectivity index (χ1v) is 7.29. The van der Waals surface area contributed by atoms with E-state index in [1.54, 1.807) is 19.3 Å². The summed E-state index contributed by atoms with van der Waals surface area (Å²) in [6.07, 6.45) is 2.75. The van der Waals surface area contributed by atoms with Gasteiger partial charge in [0.05, 0.1) is 17.5 Å². The maximum atomic E-state index is 12.3. The molecule has 0 aliphatic carbocycles. The number of nitrogens with zero attached hydrogens (tertiary/aromatic N) is 2. The van der Waals surface area contributed by atoms with Crippen LogP contribution < -0.4 is 5.32 Å². The number of pyridine rings is 1. The highest BCUT2D eigenvalue weighted by Crippen LogP contribution is 2.21. The van der Waals surface area contributed by atoms with E-state index in [9.17, 15) is 9.90 Å². The molecule has 2 rings (SSSR count). The van der Waals surface area contributed by atoms with Crippen LogP contribution >= 0.6 is 0 Å². The van der Waals surface area contributed by atoms with Gasteiger partial charge in [-0.1, -0.05) is 0 Å². The summed E-state index contributed by atoms with van der Waals surface area (Å²) in [4.78, 5) is 18.0. The lowest BCUT2D eigenvalue weighted by molar-refractivity contribution is -0.0734. The zero-order valence-corrected chi connectivity index (χ0v) is 12.6. The number of aromatic nitrogens is 1. The highest BCUT2D eigenvalue weighted by Gasteiger charge is 2.32. The summed E-state index contributed by atoms with van der Waals surface area (Å²) in [5.74, 6) is -0.182. The van der Waals surface area contributed by atoms with Crippen molar-refractivity contribution in [3.63, 3.8) is 0 Å². The molecule has 1 aliphatic rings. The molecule has 2 heterocycles. The number of ether oxygens (including phenoxy) is 1. The Labute approximate surface area is 125 Å². The van der Waals surface area contributed by atoms with Crippen LogP contribution in [0.3, 0.4) is 0 Å². The molecule has 0 bridgehead atoms. The van der Waals surface area contributed by atoms with Gasteiger partial charge in [-0.2, -0.15) is 0 Å². The SMILES string of the molecule is CCNc1ccc(C(=O)N(C)CC2(O)CCOCC2)nc1. The number of amides is 1. The van der Waals surface area contributed by atoms with Crippen LogP contribution in [0.5, 0.6) is 0 Å². The first-order chi connectivity index (χ1) is 10.0. The lowest BCUT2D eigenvalue weighted by Crippen LogP contribution is -2.47. The first-order valence-electron chi connectivity index (χ1n) is 7.29. The molecule has 1 fully saturated rings. The number of likely N-dealkylation sites (N-methyl/N-ethyl adjacent to an activating group) is 1. The average molecular weight is 293 g/mol. The average Bonchev–Trinajstić information content (AvgIpc) is 2.48. The van der Waals surface area contributed by atoms with Gasteiger partial charge in [0.15, 0.2) is 0 Å². The second-order valence-corrected chi connectivity index (χ2v) is 5.46. The van der Waals surface area contributed by atoms with E-state index in [2.05, 4.69) is 10.3 Å². The van der Waals surface area contributed by atoms with Gasteiger partial charge in [-0.25, -0.2) is 4.98 Å². The van der Waals surface area contributed by atoms with E-state index in [0.29, 0.717) is 38.3 Å². The molecule has 1 amide bonds. The highest BCUT2D eigenvalue weighted by molar-refractivity contribution is 5.92. The number of rotatable bonds is 5. The summed E-state index contributed by atoms with van der Waals surface area (Å²) < 4.78 is 5.24. The van der Waals surface area contributed by atoms with Crippen LogP contribution in [0, 0.1) is 0 Å². The van der Waals surface area contributed by atoms with Gasteiger partial charge in [-0.05, 0) is 19.1 Å². The Balaban J connectivity index is 1.98. The molecular formula is C15H23N3O3. The molecule has 0 aromatic carbocycles. The zero-order chi connectivity index (χ0) is 15.3. The highest BCUT2D eigenvalue weighted by atomic mass is 16.5. The Hall–Kier alpha value is -1.66. The molecule has 21 heavy (non-hydrogen) atoms. The van der Waals surface area contributed by atoms with Crippen molar-refractivity contribution in [2.45, 2.75) is 25.4 Å². The van der Waals surface area contributed by atoms with Crippen LogP contribution in [0.25, 0.3) is 0 Å². The third-order valence-corrected chi connectivity index (χ3v) is 3.67. The molecule has 116 valence electrons. The predicted octanol–water partition coefficient (Wildman–Crippen LogP) is 1.13. The van der Waals surface area contributed by atoms with E-state index in [0.717, 1.165) is 12.2 Å². The smallest absolute Gasteiger partial charge is 0.272 e. The van der Waals surface area contributed by atoms with E-state index in [-0.39, 0.29) is 5.91 Å². The number of carbonyl (C=O) groups is 1. The molecular weight excluding hydrogens is 270 g/mol. The molecule has 1 aliphatic heterocycles. The van der Waals surface area contributed by atoms with E-state index in [1.165, 1.54) is 4.90 Å². The van der Waals surface area contributed by atoms with Crippen molar-refractivity contribution in [3.8, 4) is 0 Å². The van der Waals surface area contributed by atoms with Gasteiger partial charge < -0.3 is 20.1 Å². The minimum atomic E-state index is -0.855. The molecule has 6 heteroatoms. The zero-order valence-electron chi connectivity index (χ0n) is 12.6. The molecule has 1 aromatic heterocycles. The Morgan fingerprint density at radius 3 is 2.76 bits per heavy atom. The quantitative estimate of drug-likeness (QED) is 0.851. The van der Waals surface area contributed by atoms with Gasteiger partial charge in [-0.15, -0.1) is 0 Å². The van der Waals surface area contributed by atoms with Gasteiger partial charge >= 0.3 is 0 Å². The molecule has 1 aromatic rings. The fourth-order valence-electron chi connectivity index (χ4n) is 2.45. The summed E-state index contributed by atoms with van der Waals surface area (Å²) in [6, 6.07) is 3.53. The summed E-state index contributed by atoms with van der Waals surface area (Å²) in [5, 5.41) is 13.6. The predicted molar refractivity (Wildman–Crippen MR) is 80.4 cm³/mol. The first kappa shape index (κ1) is 15.7. The molecule has 6 nitrogen and oxygen atoms in total.